The summed E-state index contributed by atoms with van der Waals surface area (Å²) in [5.74, 6) is -0.561. The summed E-state index contributed by atoms with van der Waals surface area (Å²) in [5, 5.41) is 9.03. The van der Waals surface area contributed by atoms with Gasteiger partial charge in [0.2, 0.25) is 0 Å². The van der Waals surface area contributed by atoms with E-state index in [2.05, 4.69) is 0 Å². The summed E-state index contributed by atoms with van der Waals surface area (Å²) in [7, 11) is 0. The molecule has 1 heterocycles. The van der Waals surface area contributed by atoms with Crippen LogP contribution in [0.2, 0.25) is 0 Å². The van der Waals surface area contributed by atoms with Crippen molar-refractivity contribution in [3.63, 3.8) is 0 Å². The Labute approximate surface area is 99.5 Å². The molecule has 1 atom stereocenters. The Kier molecular flexibility index (Phi) is 3.44. The highest BCUT2D eigenvalue weighted by atomic mass is 16.6. The summed E-state index contributed by atoms with van der Waals surface area (Å²) in [4.78, 5) is 11.0. The van der Waals surface area contributed by atoms with Crippen LogP contribution in [0, 0.1) is 0 Å². The van der Waals surface area contributed by atoms with Crippen molar-refractivity contribution in [2.75, 3.05) is 13.2 Å². The molecular formula is C13H14O4. The minimum atomic E-state index is -0.972. The van der Waals surface area contributed by atoms with E-state index in [0.717, 1.165) is 5.56 Å². The number of carbonyl (C=O) groups is 1. The molecule has 0 aliphatic carbocycles. The SMILES string of the molecule is CC(C(=O)O)=C(OCC1CO1)c1ccccc1. The number of benzene rings is 1. The molecule has 1 unspecified atom stereocenters. The zero-order valence-electron chi connectivity index (χ0n) is 9.55. The van der Waals surface area contributed by atoms with Crippen LogP contribution >= 0.6 is 0 Å². The predicted molar refractivity (Wildman–Crippen MR) is 62.4 cm³/mol. The lowest BCUT2D eigenvalue weighted by Crippen LogP contribution is -2.07. The number of ether oxygens (including phenoxy) is 2. The Morgan fingerprint density at radius 1 is 1.47 bits per heavy atom. The van der Waals surface area contributed by atoms with Crippen LogP contribution in [0.4, 0.5) is 0 Å². The third-order valence-electron chi connectivity index (χ3n) is 2.51. The molecule has 0 saturated carbocycles. The molecule has 1 fully saturated rings. The fourth-order valence-electron chi connectivity index (χ4n) is 1.44. The van der Waals surface area contributed by atoms with Crippen molar-refractivity contribution in [3.8, 4) is 0 Å². The summed E-state index contributed by atoms with van der Waals surface area (Å²) < 4.78 is 10.6. The number of hydrogen-bond acceptors (Lipinski definition) is 3. The fourth-order valence-corrected chi connectivity index (χ4v) is 1.44. The fraction of sp³-hybridized carbons (Fsp3) is 0.308. The Balaban J connectivity index is 2.22. The predicted octanol–water partition coefficient (Wildman–Crippen LogP) is 1.92. The average molecular weight is 234 g/mol. The van der Waals surface area contributed by atoms with Crippen molar-refractivity contribution < 1.29 is 19.4 Å². The summed E-state index contributed by atoms with van der Waals surface area (Å²) in [6.45, 7) is 2.63. The molecule has 0 spiro atoms. The Bertz CT molecular complexity index is 432. The average Bonchev–Trinajstić information content (AvgIpc) is 3.14. The van der Waals surface area contributed by atoms with E-state index in [-0.39, 0.29) is 11.7 Å². The lowest BCUT2D eigenvalue weighted by atomic mass is 10.1. The maximum Gasteiger partial charge on any atom is 0.335 e. The number of rotatable bonds is 5. The highest BCUT2D eigenvalue weighted by molar-refractivity contribution is 5.94. The highest BCUT2D eigenvalue weighted by Gasteiger charge is 2.24. The minimum Gasteiger partial charge on any atom is -0.490 e. The first-order valence-corrected chi connectivity index (χ1v) is 5.42. The molecule has 2 rings (SSSR count). The molecule has 0 aromatic heterocycles. The van der Waals surface area contributed by atoms with Crippen molar-refractivity contribution in [2.45, 2.75) is 13.0 Å². The van der Waals surface area contributed by atoms with Crippen LogP contribution in [0.5, 0.6) is 0 Å². The number of carboxylic acids is 1. The molecular weight excluding hydrogens is 220 g/mol. The second-order valence-electron chi connectivity index (χ2n) is 3.89. The lowest BCUT2D eigenvalue weighted by Gasteiger charge is -2.11. The molecule has 0 amide bonds. The van der Waals surface area contributed by atoms with Crippen molar-refractivity contribution in [3.05, 3.63) is 41.5 Å². The Morgan fingerprint density at radius 3 is 2.65 bits per heavy atom. The van der Waals surface area contributed by atoms with Crippen LogP contribution in [-0.4, -0.2) is 30.4 Å². The summed E-state index contributed by atoms with van der Waals surface area (Å²) in [6.07, 6.45) is 0.107. The van der Waals surface area contributed by atoms with E-state index >= 15 is 0 Å². The minimum absolute atomic E-state index is 0.107. The molecule has 0 radical (unpaired) electrons. The summed E-state index contributed by atoms with van der Waals surface area (Å²) in [5.41, 5.74) is 0.977. The zero-order chi connectivity index (χ0) is 12.3. The molecule has 1 aromatic rings. The molecule has 1 aliphatic rings. The second-order valence-corrected chi connectivity index (χ2v) is 3.89. The molecule has 4 heteroatoms. The summed E-state index contributed by atoms with van der Waals surface area (Å²) in [6, 6.07) is 9.23. The van der Waals surface area contributed by atoms with Crippen LogP contribution in [-0.2, 0) is 14.3 Å². The third kappa shape index (κ3) is 3.07. The first-order chi connectivity index (χ1) is 8.18. The van der Waals surface area contributed by atoms with Crippen molar-refractivity contribution in [2.24, 2.45) is 0 Å². The van der Waals surface area contributed by atoms with Gasteiger partial charge in [-0.15, -0.1) is 0 Å². The van der Waals surface area contributed by atoms with Gasteiger partial charge < -0.3 is 14.6 Å². The normalized spacial score (nSPS) is 19.5. The third-order valence-corrected chi connectivity index (χ3v) is 2.51. The van der Waals surface area contributed by atoms with Gasteiger partial charge in [-0.3, -0.25) is 0 Å². The van der Waals surface area contributed by atoms with E-state index < -0.39 is 5.97 Å². The monoisotopic (exact) mass is 234 g/mol. The quantitative estimate of drug-likeness (QED) is 0.480. The van der Waals surface area contributed by atoms with E-state index in [4.69, 9.17) is 14.6 Å². The van der Waals surface area contributed by atoms with E-state index in [9.17, 15) is 4.79 Å². The van der Waals surface area contributed by atoms with Crippen molar-refractivity contribution in [1.82, 2.24) is 0 Å². The van der Waals surface area contributed by atoms with E-state index in [1.54, 1.807) is 6.92 Å². The van der Waals surface area contributed by atoms with Crippen molar-refractivity contribution >= 4 is 11.7 Å². The van der Waals surface area contributed by atoms with Gasteiger partial charge in [-0.25, -0.2) is 4.79 Å². The van der Waals surface area contributed by atoms with Crippen LogP contribution in [0.3, 0.4) is 0 Å². The van der Waals surface area contributed by atoms with Gasteiger partial charge >= 0.3 is 5.97 Å². The van der Waals surface area contributed by atoms with Gasteiger partial charge in [0.05, 0.1) is 12.2 Å². The second kappa shape index (κ2) is 5.01. The molecule has 1 aliphatic heterocycles. The standard InChI is InChI=1S/C13H14O4/c1-9(13(14)15)12(17-8-11-7-16-11)10-5-3-2-4-6-10/h2-6,11H,7-8H2,1H3,(H,14,15). The molecule has 1 aromatic carbocycles. The number of hydrogen-bond donors (Lipinski definition) is 1. The van der Waals surface area contributed by atoms with Gasteiger partial charge in [0, 0.05) is 5.56 Å². The van der Waals surface area contributed by atoms with Crippen LogP contribution in [0.1, 0.15) is 12.5 Å². The molecule has 0 bridgehead atoms. The molecule has 1 N–H and O–H groups in total. The van der Waals surface area contributed by atoms with Crippen LogP contribution < -0.4 is 0 Å². The van der Waals surface area contributed by atoms with E-state index in [1.165, 1.54) is 0 Å². The number of carboxylic acid groups (broad SMARTS) is 1. The maximum absolute atomic E-state index is 11.0. The Morgan fingerprint density at radius 2 is 2.12 bits per heavy atom. The van der Waals surface area contributed by atoms with E-state index in [1.807, 2.05) is 30.3 Å². The zero-order valence-corrected chi connectivity index (χ0v) is 9.55. The van der Waals surface area contributed by atoms with Gasteiger partial charge in [0.15, 0.2) is 0 Å². The Hall–Kier alpha value is -1.81. The maximum atomic E-state index is 11.0. The van der Waals surface area contributed by atoms with Gasteiger partial charge in [0.25, 0.3) is 0 Å². The molecule has 1 saturated heterocycles. The largest absolute Gasteiger partial charge is 0.490 e. The van der Waals surface area contributed by atoms with Gasteiger partial charge in [-0.1, -0.05) is 30.3 Å². The topological polar surface area (TPSA) is 59.1 Å². The smallest absolute Gasteiger partial charge is 0.335 e. The van der Waals surface area contributed by atoms with Gasteiger partial charge in [-0.05, 0) is 6.92 Å². The lowest BCUT2D eigenvalue weighted by molar-refractivity contribution is -0.132. The number of aliphatic carboxylic acids is 1. The molecule has 90 valence electrons. The van der Waals surface area contributed by atoms with Gasteiger partial charge in [-0.2, -0.15) is 0 Å². The number of epoxide rings is 1. The summed E-state index contributed by atoms with van der Waals surface area (Å²) >= 11 is 0. The first kappa shape index (κ1) is 11.7. The molecule has 17 heavy (non-hydrogen) atoms. The van der Waals surface area contributed by atoms with Gasteiger partial charge in [0.1, 0.15) is 18.5 Å². The highest BCUT2D eigenvalue weighted by Crippen LogP contribution is 2.22. The first-order valence-electron chi connectivity index (χ1n) is 5.42. The van der Waals surface area contributed by atoms with Crippen molar-refractivity contribution in [1.29, 1.82) is 0 Å². The molecule has 4 nitrogen and oxygen atoms in total. The van der Waals surface area contributed by atoms with Crippen LogP contribution in [0.15, 0.2) is 35.9 Å². The van der Waals surface area contributed by atoms with Crippen LogP contribution in [0.25, 0.3) is 5.76 Å². The van der Waals surface area contributed by atoms with E-state index in [0.29, 0.717) is 19.0 Å².